The van der Waals surface area contributed by atoms with Crippen LogP contribution in [0.5, 0.6) is 0 Å². The first-order valence-corrected chi connectivity index (χ1v) is 5.71. The molecule has 1 aromatic carbocycles. The fourth-order valence-electron chi connectivity index (χ4n) is 1.68. The molecule has 0 N–H and O–H groups in total. The summed E-state index contributed by atoms with van der Waals surface area (Å²) in [4.78, 5) is 11.8. The first kappa shape index (κ1) is 11.2. The molecule has 0 aliphatic heterocycles. The summed E-state index contributed by atoms with van der Waals surface area (Å²) in [6, 6.07) is 7.35. The van der Waals surface area contributed by atoms with Gasteiger partial charge in [0.05, 0.1) is 6.61 Å². The Morgan fingerprint density at radius 2 is 2.06 bits per heavy atom. The molecule has 84 valence electrons. The van der Waals surface area contributed by atoms with E-state index in [1.54, 1.807) is 12.1 Å². The SMILES string of the molecule is CCOC(=O)C(C1=CC1)c1ccc(Cl)cc1. The third-order valence-electron chi connectivity index (χ3n) is 2.54. The van der Waals surface area contributed by atoms with E-state index in [1.165, 1.54) is 0 Å². The predicted octanol–water partition coefficient (Wildman–Crippen LogP) is 3.32. The van der Waals surface area contributed by atoms with Gasteiger partial charge in [-0.05, 0) is 31.0 Å². The zero-order valence-corrected chi connectivity index (χ0v) is 9.83. The monoisotopic (exact) mass is 236 g/mol. The second-order valence-electron chi connectivity index (χ2n) is 3.72. The molecule has 0 saturated carbocycles. The fourth-order valence-corrected chi connectivity index (χ4v) is 1.80. The second-order valence-corrected chi connectivity index (χ2v) is 4.16. The molecule has 1 aliphatic carbocycles. The number of hydrogen-bond acceptors (Lipinski definition) is 2. The number of halogens is 1. The zero-order valence-electron chi connectivity index (χ0n) is 9.07. The van der Waals surface area contributed by atoms with E-state index in [0.29, 0.717) is 11.6 Å². The Morgan fingerprint density at radius 1 is 1.44 bits per heavy atom. The van der Waals surface area contributed by atoms with Crippen molar-refractivity contribution in [3.05, 3.63) is 46.5 Å². The lowest BCUT2D eigenvalue weighted by Gasteiger charge is -2.13. The highest BCUT2D eigenvalue weighted by molar-refractivity contribution is 6.30. The summed E-state index contributed by atoms with van der Waals surface area (Å²) < 4.78 is 5.08. The highest BCUT2D eigenvalue weighted by atomic mass is 35.5. The van der Waals surface area contributed by atoms with E-state index in [9.17, 15) is 4.79 Å². The summed E-state index contributed by atoms with van der Waals surface area (Å²) in [7, 11) is 0. The normalized spacial score (nSPS) is 15.2. The summed E-state index contributed by atoms with van der Waals surface area (Å²) in [5.74, 6) is -0.411. The van der Waals surface area contributed by atoms with Crippen LogP contribution in [0.2, 0.25) is 5.02 Å². The van der Waals surface area contributed by atoms with E-state index in [0.717, 1.165) is 17.6 Å². The highest BCUT2D eigenvalue weighted by Crippen LogP contribution is 2.36. The third-order valence-corrected chi connectivity index (χ3v) is 2.79. The van der Waals surface area contributed by atoms with E-state index in [4.69, 9.17) is 16.3 Å². The van der Waals surface area contributed by atoms with Crippen LogP contribution in [0.3, 0.4) is 0 Å². The van der Waals surface area contributed by atoms with Crippen molar-refractivity contribution in [1.82, 2.24) is 0 Å². The average Bonchev–Trinajstić information content (AvgIpc) is 3.06. The molecular formula is C13H13ClO2. The average molecular weight is 237 g/mol. The number of allylic oxidation sites excluding steroid dienone is 1. The summed E-state index contributed by atoms with van der Waals surface area (Å²) in [5.41, 5.74) is 2.09. The highest BCUT2D eigenvalue weighted by Gasteiger charge is 2.30. The van der Waals surface area contributed by atoms with Crippen molar-refractivity contribution < 1.29 is 9.53 Å². The molecule has 0 saturated heterocycles. The Hall–Kier alpha value is -1.28. The molecule has 16 heavy (non-hydrogen) atoms. The van der Waals surface area contributed by atoms with Gasteiger partial charge in [0, 0.05) is 5.02 Å². The van der Waals surface area contributed by atoms with Crippen LogP contribution in [0.25, 0.3) is 0 Å². The van der Waals surface area contributed by atoms with E-state index < -0.39 is 0 Å². The van der Waals surface area contributed by atoms with Gasteiger partial charge < -0.3 is 4.74 Å². The number of carbonyl (C=O) groups is 1. The molecule has 0 heterocycles. The molecule has 2 nitrogen and oxygen atoms in total. The minimum absolute atomic E-state index is 0.173. The topological polar surface area (TPSA) is 26.3 Å². The first-order valence-electron chi connectivity index (χ1n) is 5.33. The van der Waals surface area contributed by atoms with Crippen molar-refractivity contribution in [3.63, 3.8) is 0 Å². The van der Waals surface area contributed by atoms with E-state index in [-0.39, 0.29) is 11.9 Å². The summed E-state index contributed by atoms with van der Waals surface area (Å²) >= 11 is 5.82. The van der Waals surface area contributed by atoms with E-state index in [1.807, 2.05) is 19.1 Å². The standard InChI is InChI=1S/C13H13ClO2/c1-2-16-13(15)12(9-3-4-9)10-5-7-11(14)8-6-10/h3,5-8,12H,2,4H2,1H3. The minimum atomic E-state index is -0.239. The van der Waals surface area contributed by atoms with Gasteiger partial charge in [0.15, 0.2) is 0 Å². The molecule has 0 radical (unpaired) electrons. The maximum Gasteiger partial charge on any atom is 0.317 e. The Morgan fingerprint density at radius 3 is 2.56 bits per heavy atom. The summed E-state index contributed by atoms with van der Waals surface area (Å²) in [6.07, 6.45) is 2.96. The Bertz CT molecular complexity index is 420. The molecular weight excluding hydrogens is 224 g/mol. The van der Waals surface area contributed by atoms with Gasteiger partial charge in [0.2, 0.25) is 0 Å². The molecule has 1 aromatic rings. The lowest BCUT2D eigenvalue weighted by molar-refractivity contribution is -0.143. The molecule has 3 heteroatoms. The van der Waals surface area contributed by atoms with Crippen LogP contribution >= 0.6 is 11.6 Å². The van der Waals surface area contributed by atoms with Gasteiger partial charge in [-0.1, -0.05) is 35.4 Å². The van der Waals surface area contributed by atoms with Crippen LogP contribution in [0.1, 0.15) is 24.8 Å². The zero-order chi connectivity index (χ0) is 11.5. The molecule has 0 amide bonds. The molecule has 1 aliphatic rings. The van der Waals surface area contributed by atoms with Crippen LogP contribution in [-0.4, -0.2) is 12.6 Å². The van der Waals surface area contributed by atoms with Gasteiger partial charge in [-0.25, -0.2) is 0 Å². The largest absolute Gasteiger partial charge is 0.465 e. The lowest BCUT2D eigenvalue weighted by Crippen LogP contribution is -2.15. The maximum absolute atomic E-state index is 11.8. The number of rotatable bonds is 4. The van der Waals surface area contributed by atoms with Gasteiger partial charge in [-0.2, -0.15) is 0 Å². The molecule has 2 rings (SSSR count). The van der Waals surface area contributed by atoms with Gasteiger partial charge in [-0.15, -0.1) is 0 Å². The van der Waals surface area contributed by atoms with Crippen LogP contribution in [-0.2, 0) is 9.53 Å². The van der Waals surface area contributed by atoms with Crippen LogP contribution in [0.15, 0.2) is 35.9 Å². The van der Waals surface area contributed by atoms with Crippen LogP contribution in [0, 0.1) is 0 Å². The third kappa shape index (κ3) is 2.45. The molecule has 0 spiro atoms. The number of carbonyl (C=O) groups excluding carboxylic acids is 1. The molecule has 1 atom stereocenters. The van der Waals surface area contributed by atoms with Crippen molar-refractivity contribution in [1.29, 1.82) is 0 Å². The molecule has 0 fully saturated rings. The number of hydrogen-bond donors (Lipinski definition) is 0. The molecule has 1 unspecified atom stereocenters. The molecule has 0 aromatic heterocycles. The van der Waals surface area contributed by atoms with Crippen molar-refractivity contribution in [2.75, 3.05) is 6.61 Å². The Balaban J connectivity index is 2.22. The van der Waals surface area contributed by atoms with Gasteiger partial charge in [0.1, 0.15) is 5.92 Å². The van der Waals surface area contributed by atoms with Crippen LogP contribution in [0.4, 0.5) is 0 Å². The quantitative estimate of drug-likeness (QED) is 0.592. The summed E-state index contributed by atoms with van der Waals surface area (Å²) in [5, 5.41) is 0.677. The van der Waals surface area contributed by atoms with Gasteiger partial charge >= 0.3 is 5.97 Å². The first-order chi connectivity index (χ1) is 7.72. The number of ether oxygens (including phenoxy) is 1. The lowest BCUT2D eigenvalue weighted by atomic mass is 9.96. The van der Waals surface area contributed by atoms with E-state index in [2.05, 4.69) is 6.08 Å². The van der Waals surface area contributed by atoms with Crippen LogP contribution < -0.4 is 0 Å². The van der Waals surface area contributed by atoms with Crippen molar-refractivity contribution in [3.8, 4) is 0 Å². The minimum Gasteiger partial charge on any atom is -0.465 e. The van der Waals surface area contributed by atoms with Crippen molar-refractivity contribution >= 4 is 17.6 Å². The molecule has 0 bridgehead atoms. The van der Waals surface area contributed by atoms with Crippen molar-refractivity contribution in [2.24, 2.45) is 0 Å². The summed E-state index contributed by atoms with van der Waals surface area (Å²) in [6.45, 7) is 2.23. The fraction of sp³-hybridized carbons (Fsp3) is 0.308. The van der Waals surface area contributed by atoms with E-state index >= 15 is 0 Å². The van der Waals surface area contributed by atoms with Gasteiger partial charge in [-0.3, -0.25) is 4.79 Å². The Labute approximate surface area is 99.9 Å². The predicted molar refractivity (Wildman–Crippen MR) is 63.5 cm³/mol. The Kier molecular flexibility index (Phi) is 3.30. The second kappa shape index (κ2) is 4.71. The van der Waals surface area contributed by atoms with Crippen molar-refractivity contribution in [2.45, 2.75) is 19.3 Å². The number of esters is 1. The van der Waals surface area contributed by atoms with Gasteiger partial charge in [0.25, 0.3) is 0 Å². The maximum atomic E-state index is 11.8. The smallest absolute Gasteiger partial charge is 0.317 e. The number of benzene rings is 1.